The molecule has 86 valence electrons. The number of rotatable bonds is 2. The molecule has 3 aliphatic rings. The van der Waals surface area contributed by atoms with E-state index in [4.69, 9.17) is 4.74 Å². The SMILES string of the molecule is CC(C)(C)OC(=O)CN1C2CNCC1C2. The summed E-state index contributed by atoms with van der Waals surface area (Å²) in [6.07, 6.45) is 1.23. The summed E-state index contributed by atoms with van der Waals surface area (Å²) in [5, 5.41) is 3.34. The van der Waals surface area contributed by atoms with Crippen LogP contribution in [0.25, 0.3) is 0 Å². The maximum Gasteiger partial charge on any atom is 0.320 e. The summed E-state index contributed by atoms with van der Waals surface area (Å²) in [6.45, 7) is 8.20. The number of ether oxygens (including phenoxy) is 1. The Morgan fingerprint density at radius 1 is 1.40 bits per heavy atom. The molecule has 0 amide bonds. The standard InChI is InChI=1S/C11H20N2O2/c1-11(2,3)15-10(14)7-13-8-4-9(13)6-12-5-8/h8-9,12H,4-7H2,1-3H3. The Morgan fingerprint density at radius 2 is 2.00 bits per heavy atom. The van der Waals surface area contributed by atoms with Crippen molar-refractivity contribution in [2.75, 3.05) is 19.6 Å². The summed E-state index contributed by atoms with van der Waals surface area (Å²) >= 11 is 0. The number of fused-ring (bicyclic) bond motifs is 2. The normalized spacial score (nSPS) is 30.9. The number of carbonyl (C=O) groups excluding carboxylic acids is 1. The number of esters is 1. The van der Waals surface area contributed by atoms with Gasteiger partial charge in [0.1, 0.15) is 5.60 Å². The van der Waals surface area contributed by atoms with Gasteiger partial charge in [-0.05, 0) is 27.2 Å². The van der Waals surface area contributed by atoms with Gasteiger partial charge in [-0.2, -0.15) is 0 Å². The fraction of sp³-hybridized carbons (Fsp3) is 0.909. The van der Waals surface area contributed by atoms with Crippen molar-refractivity contribution in [1.82, 2.24) is 10.2 Å². The second-order valence-corrected chi connectivity index (χ2v) is 5.46. The highest BCUT2D eigenvalue weighted by Gasteiger charge is 2.42. The molecule has 3 fully saturated rings. The minimum Gasteiger partial charge on any atom is -0.459 e. The Bertz CT molecular complexity index is 246. The topological polar surface area (TPSA) is 41.6 Å². The summed E-state index contributed by atoms with van der Waals surface area (Å²) in [7, 11) is 0. The van der Waals surface area contributed by atoms with E-state index in [1.807, 2.05) is 20.8 Å². The number of nitrogens with one attached hydrogen (secondary N) is 1. The van der Waals surface area contributed by atoms with E-state index < -0.39 is 0 Å². The minimum absolute atomic E-state index is 0.0981. The molecule has 1 N–H and O–H groups in total. The molecule has 2 atom stereocenters. The molecule has 3 rings (SSSR count). The van der Waals surface area contributed by atoms with Crippen LogP contribution in [-0.4, -0.2) is 48.2 Å². The van der Waals surface area contributed by atoms with Gasteiger partial charge in [-0.25, -0.2) is 0 Å². The molecular formula is C11H20N2O2. The molecule has 2 bridgehead atoms. The lowest BCUT2D eigenvalue weighted by molar-refractivity contribution is -0.161. The molecule has 0 radical (unpaired) electrons. The van der Waals surface area contributed by atoms with Crippen LogP contribution in [0.3, 0.4) is 0 Å². The second-order valence-electron chi connectivity index (χ2n) is 5.46. The molecule has 4 heteroatoms. The molecule has 15 heavy (non-hydrogen) atoms. The third-order valence-electron chi connectivity index (χ3n) is 2.97. The molecule has 0 aromatic heterocycles. The van der Waals surface area contributed by atoms with E-state index in [9.17, 15) is 4.79 Å². The zero-order valence-electron chi connectivity index (χ0n) is 9.75. The van der Waals surface area contributed by atoms with Gasteiger partial charge in [0.2, 0.25) is 0 Å². The van der Waals surface area contributed by atoms with Gasteiger partial charge in [-0.1, -0.05) is 0 Å². The highest BCUT2D eigenvalue weighted by Crippen LogP contribution is 2.27. The first-order valence-corrected chi connectivity index (χ1v) is 5.64. The Labute approximate surface area is 91.0 Å². The van der Waals surface area contributed by atoms with E-state index in [-0.39, 0.29) is 11.6 Å². The Kier molecular flexibility index (Phi) is 2.73. The fourth-order valence-corrected chi connectivity index (χ4v) is 2.34. The van der Waals surface area contributed by atoms with Crippen LogP contribution in [0.4, 0.5) is 0 Å². The largest absolute Gasteiger partial charge is 0.459 e. The molecule has 0 aromatic carbocycles. The molecule has 4 nitrogen and oxygen atoms in total. The van der Waals surface area contributed by atoms with Gasteiger partial charge < -0.3 is 10.1 Å². The molecule has 0 aromatic rings. The summed E-state index contributed by atoms with van der Waals surface area (Å²) < 4.78 is 5.31. The van der Waals surface area contributed by atoms with Crippen molar-refractivity contribution in [3.05, 3.63) is 0 Å². The number of carbonyl (C=O) groups is 1. The molecular weight excluding hydrogens is 192 g/mol. The van der Waals surface area contributed by atoms with Gasteiger partial charge in [-0.3, -0.25) is 9.69 Å². The molecule has 3 saturated heterocycles. The van der Waals surface area contributed by atoms with Crippen LogP contribution in [0.1, 0.15) is 27.2 Å². The van der Waals surface area contributed by atoms with E-state index in [0.29, 0.717) is 18.6 Å². The van der Waals surface area contributed by atoms with Crippen molar-refractivity contribution in [3.63, 3.8) is 0 Å². The van der Waals surface area contributed by atoms with Crippen molar-refractivity contribution in [2.24, 2.45) is 0 Å². The number of piperazine rings is 1. The van der Waals surface area contributed by atoms with Crippen LogP contribution >= 0.6 is 0 Å². The number of piperidine rings is 1. The summed E-state index contributed by atoms with van der Waals surface area (Å²) in [5.41, 5.74) is -0.366. The lowest BCUT2D eigenvalue weighted by atomic mass is 9.89. The average Bonchev–Trinajstić information content (AvgIpc) is 2.12. The second kappa shape index (κ2) is 3.76. The quantitative estimate of drug-likeness (QED) is 0.672. The first-order chi connectivity index (χ1) is 6.96. The van der Waals surface area contributed by atoms with Gasteiger partial charge in [0.05, 0.1) is 6.54 Å². The Hall–Kier alpha value is -0.610. The summed E-state index contributed by atoms with van der Waals surface area (Å²) in [4.78, 5) is 13.9. The Balaban J connectivity index is 1.80. The highest BCUT2D eigenvalue weighted by molar-refractivity contribution is 5.72. The summed E-state index contributed by atoms with van der Waals surface area (Å²) in [5.74, 6) is -0.0981. The molecule has 0 spiro atoms. The first-order valence-electron chi connectivity index (χ1n) is 5.64. The van der Waals surface area contributed by atoms with E-state index in [0.717, 1.165) is 13.1 Å². The van der Waals surface area contributed by atoms with Crippen molar-refractivity contribution in [2.45, 2.75) is 44.9 Å². The maximum absolute atomic E-state index is 11.6. The highest BCUT2D eigenvalue weighted by atomic mass is 16.6. The predicted molar refractivity (Wildman–Crippen MR) is 57.6 cm³/mol. The predicted octanol–water partition coefficient (Wildman–Crippen LogP) is 0.374. The lowest BCUT2D eigenvalue weighted by Crippen LogP contribution is -2.68. The lowest BCUT2D eigenvalue weighted by Gasteiger charge is -2.52. The van der Waals surface area contributed by atoms with Gasteiger partial charge >= 0.3 is 5.97 Å². The van der Waals surface area contributed by atoms with Crippen LogP contribution in [0.5, 0.6) is 0 Å². The van der Waals surface area contributed by atoms with E-state index >= 15 is 0 Å². The number of hydrogen-bond donors (Lipinski definition) is 1. The fourth-order valence-electron chi connectivity index (χ4n) is 2.34. The van der Waals surface area contributed by atoms with E-state index in [1.54, 1.807) is 0 Å². The van der Waals surface area contributed by atoms with Crippen molar-refractivity contribution < 1.29 is 9.53 Å². The molecule has 3 aliphatic heterocycles. The zero-order chi connectivity index (χ0) is 11.1. The molecule has 0 aliphatic carbocycles. The van der Waals surface area contributed by atoms with Gasteiger partial charge in [0.25, 0.3) is 0 Å². The van der Waals surface area contributed by atoms with Crippen LogP contribution in [-0.2, 0) is 9.53 Å². The van der Waals surface area contributed by atoms with Crippen LogP contribution in [0, 0.1) is 0 Å². The number of hydrogen-bond acceptors (Lipinski definition) is 4. The van der Waals surface area contributed by atoms with Crippen LogP contribution in [0.2, 0.25) is 0 Å². The van der Waals surface area contributed by atoms with Crippen molar-refractivity contribution in [3.8, 4) is 0 Å². The average molecular weight is 212 g/mol. The van der Waals surface area contributed by atoms with Crippen molar-refractivity contribution >= 4 is 5.97 Å². The third kappa shape index (κ3) is 2.49. The van der Waals surface area contributed by atoms with Crippen LogP contribution in [0.15, 0.2) is 0 Å². The van der Waals surface area contributed by atoms with Gasteiger partial charge in [0, 0.05) is 25.2 Å². The zero-order valence-corrected chi connectivity index (χ0v) is 9.75. The molecule has 2 unspecified atom stereocenters. The Morgan fingerprint density at radius 3 is 2.47 bits per heavy atom. The maximum atomic E-state index is 11.6. The third-order valence-corrected chi connectivity index (χ3v) is 2.97. The van der Waals surface area contributed by atoms with Gasteiger partial charge in [-0.15, -0.1) is 0 Å². The summed E-state index contributed by atoms with van der Waals surface area (Å²) in [6, 6.07) is 1.10. The van der Waals surface area contributed by atoms with Gasteiger partial charge in [0.15, 0.2) is 0 Å². The monoisotopic (exact) mass is 212 g/mol. The minimum atomic E-state index is -0.366. The first kappa shape index (κ1) is 10.9. The molecule has 0 saturated carbocycles. The van der Waals surface area contributed by atoms with Crippen molar-refractivity contribution in [1.29, 1.82) is 0 Å². The van der Waals surface area contributed by atoms with E-state index in [2.05, 4.69) is 10.2 Å². The van der Waals surface area contributed by atoms with E-state index in [1.165, 1.54) is 6.42 Å². The number of nitrogens with zero attached hydrogens (tertiary/aromatic N) is 1. The smallest absolute Gasteiger partial charge is 0.320 e. The van der Waals surface area contributed by atoms with Crippen LogP contribution < -0.4 is 5.32 Å². The molecule has 3 heterocycles.